The molecule has 0 aliphatic rings. The van der Waals surface area contributed by atoms with Crippen LogP contribution < -0.4 is 5.32 Å². The average molecular weight is 258 g/mol. The summed E-state index contributed by atoms with van der Waals surface area (Å²) in [6.07, 6.45) is 3.74. The van der Waals surface area contributed by atoms with Crippen LogP contribution >= 0.6 is 11.6 Å². The lowest BCUT2D eigenvalue weighted by atomic mass is 10.1. The Morgan fingerprint density at radius 1 is 1.65 bits per heavy atom. The first-order valence-electron chi connectivity index (χ1n) is 5.89. The van der Waals surface area contributed by atoms with E-state index in [0.717, 1.165) is 18.5 Å². The number of hydrogen-bond acceptors (Lipinski definition) is 2. The highest BCUT2D eigenvalue weighted by Crippen LogP contribution is 2.07. The summed E-state index contributed by atoms with van der Waals surface area (Å²) >= 11 is 5.71. The number of rotatable bonds is 6. The minimum Gasteiger partial charge on any atom is -0.352 e. The van der Waals surface area contributed by atoms with Gasteiger partial charge in [0.25, 0.3) is 5.91 Å². The number of halogens is 1. The molecule has 1 amide bonds. The van der Waals surface area contributed by atoms with Crippen LogP contribution in [0.25, 0.3) is 0 Å². The van der Waals surface area contributed by atoms with Crippen LogP contribution in [0.2, 0.25) is 0 Å². The van der Waals surface area contributed by atoms with Crippen molar-refractivity contribution in [2.45, 2.75) is 26.7 Å². The standard InChI is InChI=1S/C12H20ClN3O/c1-9(7-13)5-4-6-14-12(17)11-8-16(3)15-10(11)2/h8-9H,4-7H2,1-3H3,(H,14,17). The van der Waals surface area contributed by atoms with Crippen LogP contribution in [0.1, 0.15) is 35.8 Å². The molecule has 0 aromatic carbocycles. The van der Waals surface area contributed by atoms with Gasteiger partial charge in [-0.2, -0.15) is 5.10 Å². The van der Waals surface area contributed by atoms with Crippen molar-refractivity contribution in [2.75, 3.05) is 12.4 Å². The van der Waals surface area contributed by atoms with Crippen molar-refractivity contribution in [2.24, 2.45) is 13.0 Å². The molecule has 1 aromatic rings. The molecule has 17 heavy (non-hydrogen) atoms. The molecule has 1 rings (SSSR count). The number of alkyl halides is 1. The van der Waals surface area contributed by atoms with Crippen LogP contribution in [0, 0.1) is 12.8 Å². The zero-order chi connectivity index (χ0) is 12.8. The summed E-state index contributed by atoms with van der Waals surface area (Å²) in [6, 6.07) is 0. The molecule has 0 aliphatic carbocycles. The van der Waals surface area contributed by atoms with E-state index in [2.05, 4.69) is 17.3 Å². The average Bonchev–Trinajstić information content (AvgIpc) is 2.63. The van der Waals surface area contributed by atoms with Crippen molar-refractivity contribution in [1.29, 1.82) is 0 Å². The number of hydrogen-bond donors (Lipinski definition) is 1. The second-order valence-electron chi connectivity index (χ2n) is 4.46. The monoisotopic (exact) mass is 257 g/mol. The van der Waals surface area contributed by atoms with Gasteiger partial charge in [0, 0.05) is 25.7 Å². The molecule has 1 unspecified atom stereocenters. The Hall–Kier alpha value is -1.03. The number of aryl methyl sites for hydroxylation is 2. The van der Waals surface area contributed by atoms with Crippen LogP contribution in [0.5, 0.6) is 0 Å². The third-order valence-electron chi connectivity index (χ3n) is 2.68. The van der Waals surface area contributed by atoms with Gasteiger partial charge >= 0.3 is 0 Å². The van der Waals surface area contributed by atoms with E-state index >= 15 is 0 Å². The van der Waals surface area contributed by atoms with E-state index < -0.39 is 0 Å². The predicted molar refractivity (Wildman–Crippen MR) is 69.4 cm³/mol. The molecule has 5 heteroatoms. The van der Waals surface area contributed by atoms with E-state index in [1.54, 1.807) is 10.9 Å². The first-order valence-corrected chi connectivity index (χ1v) is 6.42. The third kappa shape index (κ3) is 4.38. The van der Waals surface area contributed by atoms with Crippen molar-refractivity contribution in [3.63, 3.8) is 0 Å². The van der Waals surface area contributed by atoms with Gasteiger partial charge in [-0.25, -0.2) is 0 Å². The highest BCUT2D eigenvalue weighted by atomic mass is 35.5. The van der Waals surface area contributed by atoms with Crippen LogP contribution in [-0.2, 0) is 7.05 Å². The molecule has 0 radical (unpaired) electrons. The Bertz CT molecular complexity index is 376. The summed E-state index contributed by atoms with van der Waals surface area (Å²) in [6.45, 7) is 4.64. The predicted octanol–water partition coefficient (Wildman–Crippen LogP) is 2.11. The molecule has 0 aliphatic heterocycles. The van der Waals surface area contributed by atoms with E-state index in [1.165, 1.54) is 0 Å². The molecule has 0 spiro atoms. The van der Waals surface area contributed by atoms with Gasteiger partial charge in [0.1, 0.15) is 0 Å². The molecule has 1 heterocycles. The Labute approximate surface area is 107 Å². The zero-order valence-electron chi connectivity index (χ0n) is 10.7. The van der Waals surface area contributed by atoms with E-state index in [-0.39, 0.29) is 5.91 Å². The highest BCUT2D eigenvalue weighted by Gasteiger charge is 2.11. The van der Waals surface area contributed by atoms with Gasteiger partial charge in [0.05, 0.1) is 11.3 Å². The van der Waals surface area contributed by atoms with Gasteiger partial charge < -0.3 is 5.32 Å². The zero-order valence-corrected chi connectivity index (χ0v) is 11.4. The minimum absolute atomic E-state index is 0.0471. The van der Waals surface area contributed by atoms with Gasteiger partial charge in [-0.15, -0.1) is 11.6 Å². The lowest BCUT2D eigenvalue weighted by Crippen LogP contribution is -2.25. The quantitative estimate of drug-likeness (QED) is 0.627. The number of aromatic nitrogens is 2. The van der Waals surface area contributed by atoms with Gasteiger partial charge in [-0.3, -0.25) is 9.48 Å². The molecule has 0 saturated heterocycles. The van der Waals surface area contributed by atoms with E-state index in [1.807, 2.05) is 14.0 Å². The van der Waals surface area contributed by atoms with Crippen molar-refractivity contribution >= 4 is 17.5 Å². The van der Waals surface area contributed by atoms with Crippen molar-refractivity contribution in [1.82, 2.24) is 15.1 Å². The third-order valence-corrected chi connectivity index (χ3v) is 3.21. The van der Waals surface area contributed by atoms with Gasteiger partial charge in [0.2, 0.25) is 0 Å². The summed E-state index contributed by atoms with van der Waals surface area (Å²) in [5.41, 5.74) is 1.41. The molecule has 96 valence electrons. The summed E-state index contributed by atoms with van der Waals surface area (Å²) in [5, 5.41) is 7.04. The van der Waals surface area contributed by atoms with Gasteiger partial charge in [0.15, 0.2) is 0 Å². The molecular weight excluding hydrogens is 238 g/mol. The lowest BCUT2D eigenvalue weighted by Gasteiger charge is -2.07. The first-order chi connectivity index (χ1) is 8.04. The Balaban J connectivity index is 2.33. The second kappa shape index (κ2) is 6.64. The summed E-state index contributed by atoms with van der Waals surface area (Å²) in [5.74, 6) is 1.14. The normalized spacial score (nSPS) is 12.5. The lowest BCUT2D eigenvalue weighted by molar-refractivity contribution is 0.0952. The molecule has 1 N–H and O–H groups in total. The van der Waals surface area contributed by atoms with Crippen LogP contribution in [0.3, 0.4) is 0 Å². The molecule has 1 aromatic heterocycles. The van der Waals surface area contributed by atoms with Gasteiger partial charge in [-0.05, 0) is 25.7 Å². The van der Waals surface area contributed by atoms with E-state index in [4.69, 9.17) is 11.6 Å². The first kappa shape index (κ1) is 14.0. The van der Waals surface area contributed by atoms with Crippen LogP contribution in [0.4, 0.5) is 0 Å². The van der Waals surface area contributed by atoms with Crippen molar-refractivity contribution in [3.05, 3.63) is 17.5 Å². The fourth-order valence-corrected chi connectivity index (χ4v) is 1.80. The maximum atomic E-state index is 11.8. The molecule has 4 nitrogen and oxygen atoms in total. The number of nitrogens with zero attached hydrogens (tertiary/aromatic N) is 2. The topological polar surface area (TPSA) is 46.9 Å². The summed E-state index contributed by atoms with van der Waals surface area (Å²) < 4.78 is 1.65. The molecule has 0 fully saturated rings. The van der Waals surface area contributed by atoms with Crippen LogP contribution in [0.15, 0.2) is 6.20 Å². The summed E-state index contributed by atoms with van der Waals surface area (Å²) in [4.78, 5) is 11.8. The van der Waals surface area contributed by atoms with Crippen LogP contribution in [-0.4, -0.2) is 28.1 Å². The maximum Gasteiger partial charge on any atom is 0.254 e. The Kier molecular flexibility index (Phi) is 5.48. The highest BCUT2D eigenvalue weighted by molar-refractivity contribution is 6.18. The number of carbonyl (C=O) groups is 1. The largest absolute Gasteiger partial charge is 0.352 e. The molecule has 1 atom stereocenters. The minimum atomic E-state index is -0.0471. The molecular formula is C12H20ClN3O. The van der Waals surface area contributed by atoms with E-state index in [0.29, 0.717) is 23.9 Å². The van der Waals surface area contributed by atoms with E-state index in [9.17, 15) is 4.79 Å². The number of nitrogens with one attached hydrogen (secondary N) is 1. The second-order valence-corrected chi connectivity index (χ2v) is 4.77. The van der Waals surface area contributed by atoms with Crippen molar-refractivity contribution < 1.29 is 4.79 Å². The van der Waals surface area contributed by atoms with Gasteiger partial charge in [-0.1, -0.05) is 6.92 Å². The number of amides is 1. The Morgan fingerprint density at radius 2 is 2.35 bits per heavy atom. The maximum absolute atomic E-state index is 11.8. The molecule has 0 saturated carbocycles. The fourth-order valence-electron chi connectivity index (χ4n) is 1.65. The number of carbonyl (C=O) groups excluding carboxylic acids is 1. The Morgan fingerprint density at radius 3 is 2.88 bits per heavy atom. The summed E-state index contributed by atoms with van der Waals surface area (Å²) in [7, 11) is 1.81. The molecule has 0 bridgehead atoms. The fraction of sp³-hybridized carbons (Fsp3) is 0.667. The SMILES string of the molecule is Cc1nn(C)cc1C(=O)NCCCC(C)CCl. The van der Waals surface area contributed by atoms with Crippen molar-refractivity contribution in [3.8, 4) is 0 Å². The smallest absolute Gasteiger partial charge is 0.254 e.